The van der Waals surface area contributed by atoms with Crippen LogP contribution in [0.3, 0.4) is 0 Å². The first-order chi connectivity index (χ1) is 16.9. The maximum atomic E-state index is 11.9. The van der Waals surface area contributed by atoms with Crippen molar-refractivity contribution in [1.29, 1.82) is 0 Å². The Morgan fingerprint density at radius 2 is 1.20 bits per heavy atom. The van der Waals surface area contributed by atoms with Gasteiger partial charge in [-0.25, -0.2) is 9.59 Å². The fourth-order valence-electron chi connectivity index (χ4n) is 3.58. The molecule has 0 saturated carbocycles. The average Bonchev–Trinajstić information content (AvgIpc) is 3.34. The number of carbonyl (C=O) groups is 2. The van der Waals surface area contributed by atoms with Crippen LogP contribution in [0, 0.1) is 0 Å². The number of hydrogen-bond acceptors (Lipinski definition) is 5. The summed E-state index contributed by atoms with van der Waals surface area (Å²) in [7, 11) is 0. The summed E-state index contributed by atoms with van der Waals surface area (Å²) in [6.45, 7) is -0.213. The lowest BCUT2D eigenvalue weighted by Gasteiger charge is -2.05. The molecule has 0 aliphatic heterocycles. The van der Waals surface area contributed by atoms with E-state index in [9.17, 15) is 19.2 Å². The molecule has 2 heterocycles. The van der Waals surface area contributed by atoms with E-state index in [-0.39, 0.29) is 25.4 Å². The maximum absolute atomic E-state index is 11.9. The Hall–Kier alpha value is -4.86. The number of esters is 1. The molecule has 10 heteroatoms. The third kappa shape index (κ3) is 5.56. The van der Waals surface area contributed by atoms with Gasteiger partial charge in [-0.2, -0.15) is 0 Å². The van der Waals surface area contributed by atoms with Crippen molar-refractivity contribution in [3.05, 3.63) is 105 Å². The first kappa shape index (κ1) is 23.3. The molecule has 0 spiro atoms. The molecule has 5 aromatic rings. The van der Waals surface area contributed by atoms with E-state index in [4.69, 9.17) is 9.84 Å². The number of ether oxygens (including phenoxy) is 1. The molecule has 0 fully saturated rings. The number of carbonyl (C=O) groups excluding carboxylic acids is 1. The molecular formula is C25H22N4O6. The van der Waals surface area contributed by atoms with E-state index >= 15 is 0 Å². The van der Waals surface area contributed by atoms with Crippen molar-refractivity contribution in [3.8, 4) is 0 Å². The number of aliphatic carboxylic acids is 1. The molecule has 3 N–H and O–H groups in total. The van der Waals surface area contributed by atoms with Crippen LogP contribution in [0.5, 0.6) is 0 Å². The summed E-state index contributed by atoms with van der Waals surface area (Å²) in [5.41, 5.74) is 2.87. The predicted octanol–water partition coefficient (Wildman–Crippen LogP) is 2.49. The number of hydrogen-bond donors (Lipinski definition) is 3. The van der Waals surface area contributed by atoms with Crippen molar-refractivity contribution >= 4 is 34.0 Å². The van der Waals surface area contributed by atoms with Gasteiger partial charge < -0.3 is 19.8 Å². The predicted molar refractivity (Wildman–Crippen MR) is 129 cm³/mol. The number of nitrogens with one attached hydrogen (secondary N) is 2. The van der Waals surface area contributed by atoms with E-state index in [1.807, 2.05) is 42.5 Å². The highest BCUT2D eigenvalue weighted by molar-refractivity contribution is 5.78. The SMILES string of the molecule is O=C(Cn1c(=O)[nH]c2ccccc21)OCc1ccccc1.O=C(O)Cn1c(=O)[nH]c2ccccc21. The lowest BCUT2D eigenvalue weighted by Crippen LogP contribution is -2.23. The van der Waals surface area contributed by atoms with Crippen molar-refractivity contribution in [2.75, 3.05) is 0 Å². The third-order valence-electron chi connectivity index (χ3n) is 5.19. The minimum absolute atomic E-state index is 0.102. The second-order valence-electron chi connectivity index (χ2n) is 7.61. The van der Waals surface area contributed by atoms with E-state index in [0.717, 1.165) is 5.56 Å². The Bertz CT molecular complexity index is 1590. The molecule has 0 saturated heterocycles. The van der Waals surface area contributed by atoms with Crippen molar-refractivity contribution in [3.63, 3.8) is 0 Å². The largest absolute Gasteiger partial charge is 0.480 e. The van der Waals surface area contributed by atoms with Gasteiger partial charge in [0.2, 0.25) is 0 Å². The number of fused-ring (bicyclic) bond motifs is 2. The highest BCUT2D eigenvalue weighted by atomic mass is 16.5. The van der Waals surface area contributed by atoms with Crippen molar-refractivity contribution in [2.24, 2.45) is 0 Å². The third-order valence-corrected chi connectivity index (χ3v) is 5.19. The molecule has 0 bridgehead atoms. The molecule has 0 radical (unpaired) electrons. The zero-order chi connectivity index (χ0) is 24.8. The van der Waals surface area contributed by atoms with Gasteiger partial charge in [-0.3, -0.25) is 18.7 Å². The van der Waals surface area contributed by atoms with Gasteiger partial charge >= 0.3 is 23.3 Å². The number of benzene rings is 3. The van der Waals surface area contributed by atoms with E-state index in [2.05, 4.69) is 9.97 Å². The number of carboxylic acids is 1. The van der Waals surface area contributed by atoms with Gasteiger partial charge in [0, 0.05) is 0 Å². The Morgan fingerprint density at radius 3 is 1.74 bits per heavy atom. The molecule has 0 amide bonds. The minimum atomic E-state index is -1.03. The number of rotatable bonds is 6. The summed E-state index contributed by atoms with van der Waals surface area (Å²) in [5.74, 6) is -1.47. The van der Waals surface area contributed by atoms with E-state index in [1.54, 1.807) is 36.4 Å². The molecule has 5 rings (SSSR count). The normalized spacial score (nSPS) is 10.6. The second-order valence-corrected chi connectivity index (χ2v) is 7.61. The Morgan fingerprint density at radius 1 is 0.714 bits per heavy atom. The Labute approximate surface area is 198 Å². The zero-order valence-corrected chi connectivity index (χ0v) is 18.5. The standard InChI is InChI=1S/C16H14N2O3.C9H8N2O3/c19-15(21-11-12-6-2-1-3-7-12)10-18-14-9-5-4-8-13(14)17-16(18)20;12-8(13)5-11-7-4-2-1-3-6(7)10-9(11)14/h1-9H,10-11H2,(H,17,20);1-4H,5H2,(H,10,14)(H,12,13). The van der Waals surface area contributed by atoms with Crippen LogP contribution in [-0.2, 0) is 34.0 Å². The number of para-hydroxylation sites is 4. The van der Waals surface area contributed by atoms with Gasteiger partial charge in [-0.15, -0.1) is 0 Å². The molecule has 2 aromatic heterocycles. The van der Waals surface area contributed by atoms with Crippen LogP contribution in [0.1, 0.15) is 5.56 Å². The number of H-pyrrole nitrogens is 2. The van der Waals surface area contributed by atoms with Crippen LogP contribution in [0.25, 0.3) is 22.1 Å². The number of imidazole rings is 2. The molecule has 0 atom stereocenters. The molecular weight excluding hydrogens is 452 g/mol. The van der Waals surface area contributed by atoms with Gasteiger partial charge in [0.15, 0.2) is 0 Å². The Balaban J connectivity index is 0.000000179. The summed E-state index contributed by atoms with van der Waals surface area (Å²) in [6.07, 6.45) is 0. The van der Waals surface area contributed by atoms with Crippen LogP contribution in [0.2, 0.25) is 0 Å². The molecule has 0 aliphatic carbocycles. The average molecular weight is 474 g/mol. The van der Waals surface area contributed by atoms with Crippen molar-refractivity contribution in [2.45, 2.75) is 19.7 Å². The van der Waals surface area contributed by atoms with Gasteiger partial charge in [0.05, 0.1) is 22.1 Å². The molecule has 35 heavy (non-hydrogen) atoms. The highest BCUT2D eigenvalue weighted by Gasteiger charge is 2.11. The lowest BCUT2D eigenvalue weighted by atomic mass is 10.2. The minimum Gasteiger partial charge on any atom is -0.480 e. The van der Waals surface area contributed by atoms with Crippen molar-refractivity contribution < 1.29 is 19.4 Å². The van der Waals surface area contributed by atoms with Gasteiger partial charge in [-0.1, -0.05) is 54.6 Å². The second kappa shape index (κ2) is 10.4. The topological polar surface area (TPSA) is 139 Å². The van der Waals surface area contributed by atoms with Crippen LogP contribution in [0.15, 0.2) is 88.5 Å². The summed E-state index contributed by atoms with van der Waals surface area (Å²) in [6, 6.07) is 23.6. The smallest absolute Gasteiger partial charge is 0.327 e. The van der Waals surface area contributed by atoms with Gasteiger partial charge in [0.1, 0.15) is 19.7 Å². The fraction of sp³-hybridized carbons (Fsp3) is 0.120. The summed E-state index contributed by atoms with van der Waals surface area (Å²) < 4.78 is 7.76. The summed E-state index contributed by atoms with van der Waals surface area (Å²) >= 11 is 0. The monoisotopic (exact) mass is 474 g/mol. The quantitative estimate of drug-likeness (QED) is 0.323. The molecule has 0 unspecified atom stereocenters. The number of aromatic amines is 2. The first-order valence-electron chi connectivity index (χ1n) is 10.7. The van der Waals surface area contributed by atoms with Crippen LogP contribution >= 0.6 is 0 Å². The van der Waals surface area contributed by atoms with Gasteiger partial charge in [-0.05, 0) is 29.8 Å². The number of aromatic nitrogens is 4. The molecule has 3 aromatic carbocycles. The molecule has 0 aliphatic rings. The fourth-order valence-corrected chi connectivity index (χ4v) is 3.58. The lowest BCUT2D eigenvalue weighted by molar-refractivity contribution is -0.145. The van der Waals surface area contributed by atoms with E-state index < -0.39 is 17.6 Å². The number of carboxylic acid groups (broad SMARTS) is 1. The van der Waals surface area contributed by atoms with E-state index in [0.29, 0.717) is 22.1 Å². The van der Waals surface area contributed by atoms with E-state index in [1.165, 1.54) is 9.13 Å². The van der Waals surface area contributed by atoms with Crippen LogP contribution in [0.4, 0.5) is 0 Å². The van der Waals surface area contributed by atoms with Crippen LogP contribution in [-0.4, -0.2) is 36.1 Å². The zero-order valence-electron chi connectivity index (χ0n) is 18.5. The van der Waals surface area contributed by atoms with Crippen LogP contribution < -0.4 is 11.4 Å². The van der Waals surface area contributed by atoms with Crippen molar-refractivity contribution in [1.82, 2.24) is 19.1 Å². The van der Waals surface area contributed by atoms with Gasteiger partial charge in [0.25, 0.3) is 0 Å². The number of nitrogens with zero attached hydrogens (tertiary/aromatic N) is 2. The summed E-state index contributed by atoms with van der Waals surface area (Å²) in [5, 5.41) is 8.60. The first-order valence-corrected chi connectivity index (χ1v) is 10.7. The molecule has 178 valence electrons. The molecule has 10 nitrogen and oxygen atoms in total. The highest BCUT2D eigenvalue weighted by Crippen LogP contribution is 2.10. The summed E-state index contributed by atoms with van der Waals surface area (Å²) in [4.78, 5) is 50.8. The Kier molecular flexibility index (Phi) is 6.91. The maximum Gasteiger partial charge on any atom is 0.327 e.